The summed E-state index contributed by atoms with van der Waals surface area (Å²) in [5.41, 5.74) is 0.942. The Hall–Kier alpha value is -2.80. The number of anilines is 1. The van der Waals surface area contributed by atoms with Crippen molar-refractivity contribution in [1.82, 2.24) is 4.98 Å². The number of amides is 1. The summed E-state index contributed by atoms with van der Waals surface area (Å²) in [7, 11) is 1.29. The van der Waals surface area contributed by atoms with E-state index < -0.39 is 11.8 Å². The predicted octanol–water partition coefficient (Wildman–Crippen LogP) is 3.47. The molecule has 1 amide bonds. The molecule has 7 heteroatoms. The third-order valence-electron chi connectivity index (χ3n) is 3.16. The first-order valence-electron chi connectivity index (χ1n) is 6.63. The number of thiazole rings is 1. The lowest BCUT2D eigenvalue weighted by atomic mass is 10.1. The zero-order valence-corrected chi connectivity index (χ0v) is 12.8. The van der Waals surface area contributed by atoms with Crippen LogP contribution in [0.5, 0.6) is 0 Å². The van der Waals surface area contributed by atoms with Crippen LogP contribution in [0.4, 0.5) is 9.52 Å². The molecule has 0 bridgehead atoms. The molecular weight excluding hydrogens is 319 g/mol. The molecule has 0 aliphatic rings. The smallest absolute Gasteiger partial charge is 0.337 e. The van der Waals surface area contributed by atoms with Gasteiger partial charge in [-0.15, -0.1) is 0 Å². The highest BCUT2D eigenvalue weighted by Crippen LogP contribution is 2.27. The van der Waals surface area contributed by atoms with Gasteiger partial charge in [-0.2, -0.15) is 0 Å². The van der Waals surface area contributed by atoms with Crippen molar-refractivity contribution in [3.05, 3.63) is 59.4 Å². The number of nitrogens with one attached hydrogen (secondary N) is 1. The summed E-state index contributed by atoms with van der Waals surface area (Å²) in [6.45, 7) is 0. The number of carbonyl (C=O) groups excluding carboxylic acids is 2. The van der Waals surface area contributed by atoms with Crippen molar-refractivity contribution in [2.45, 2.75) is 0 Å². The normalized spacial score (nSPS) is 10.5. The van der Waals surface area contributed by atoms with Crippen LogP contribution in [0.1, 0.15) is 20.7 Å². The van der Waals surface area contributed by atoms with Crippen molar-refractivity contribution < 1.29 is 18.7 Å². The molecule has 0 spiro atoms. The standard InChI is InChI=1S/C16H11FN2O3S/c1-22-15(21)10-7-5-9(6-8-10)14(20)19-16-18-13-11(17)3-2-4-12(13)23-16/h2-8H,1H3,(H,18,19,20). The maximum absolute atomic E-state index is 13.6. The van der Waals surface area contributed by atoms with E-state index in [4.69, 9.17) is 0 Å². The van der Waals surface area contributed by atoms with Gasteiger partial charge in [-0.1, -0.05) is 17.4 Å². The fourth-order valence-corrected chi connectivity index (χ4v) is 2.89. The highest BCUT2D eigenvalue weighted by Gasteiger charge is 2.13. The molecule has 23 heavy (non-hydrogen) atoms. The summed E-state index contributed by atoms with van der Waals surface area (Å²) < 4.78 is 18.8. The second-order valence-electron chi connectivity index (χ2n) is 4.63. The number of aromatic nitrogens is 1. The number of ether oxygens (including phenoxy) is 1. The highest BCUT2D eigenvalue weighted by atomic mass is 32.1. The molecule has 0 aliphatic heterocycles. The topological polar surface area (TPSA) is 68.3 Å². The first-order valence-corrected chi connectivity index (χ1v) is 7.45. The average Bonchev–Trinajstić information content (AvgIpc) is 2.98. The van der Waals surface area contributed by atoms with Crippen LogP contribution in [0.25, 0.3) is 10.2 Å². The summed E-state index contributed by atoms with van der Waals surface area (Å²) in [5.74, 6) is -1.29. The van der Waals surface area contributed by atoms with Gasteiger partial charge in [-0.05, 0) is 36.4 Å². The van der Waals surface area contributed by atoms with Crippen molar-refractivity contribution >= 4 is 38.6 Å². The Morgan fingerprint density at radius 3 is 2.48 bits per heavy atom. The number of rotatable bonds is 3. The first-order chi connectivity index (χ1) is 11.1. The van der Waals surface area contributed by atoms with Crippen LogP contribution < -0.4 is 5.32 Å². The molecule has 3 aromatic rings. The van der Waals surface area contributed by atoms with Crippen molar-refractivity contribution in [3.8, 4) is 0 Å². The quantitative estimate of drug-likeness (QED) is 0.747. The fraction of sp³-hybridized carbons (Fsp3) is 0.0625. The van der Waals surface area contributed by atoms with E-state index in [0.29, 0.717) is 21.0 Å². The van der Waals surface area contributed by atoms with Crippen LogP contribution in [-0.2, 0) is 4.74 Å². The number of para-hydroxylation sites is 1. The summed E-state index contributed by atoms with van der Waals surface area (Å²) in [6, 6.07) is 10.7. The minimum absolute atomic E-state index is 0.230. The van der Waals surface area contributed by atoms with Crippen LogP contribution in [0.3, 0.4) is 0 Å². The Morgan fingerprint density at radius 2 is 1.83 bits per heavy atom. The molecule has 0 saturated heterocycles. The van der Waals surface area contributed by atoms with Crippen LogP contribution in [0, 0.1) is 5.82 Å². The number of nitrogens with zero attached hydrogens (tertiary/aromatic N) is 1. The largest absolute Gasteiger partial charge is 0.465 e. The van der Waals surface area contributed by atoms with E-state index in [1.165, 1.54) is 48.8 Å². The summed E-state index contributed by atoms with van der Waals surface area (Å²) >= 11 is 1.19. The van der Waals surface area contributed by atoms with Gasteiger partial charge in [0.1, 0.15) is 11.3 Å². The Kier molecular flexibility index (Phi) is 4.03. The molecule has 0 fully saturated rings. The number of carbonyl (C=O) groups is 2. The van der Waals surface area contributed by atoms with Gasteiger partial charge < -0.3 is 4.74 Å². The molecule has 1 N–H and O–H groups in total. The van der Waals surface area contributed by atoms with Gasteiger partial charge in [0.2, 0.25) is 0 Å². The Bertz CT molecular complexity index is 890. The molecule has 116 valence electrons. The van der Waals surface area contributed by atoms with Gasteiger partial charge >= 0.3 is 5.97 Å². The molecular formula is C16H11FN2O3S. The molecule has 0 unspecified atom stereocenters. The van der Waals surface area contributed by atoms with E-state index in [1.807, 2.05) is 0 Å². The number of esters is 1. The Morgan fingerprint density at radius 1 is 1.13 bits per heavy atom. The number of methoxy groups -OCH3 is 1. The van der Waals surface area contributed by atoms with Crippen LogP contribution in [0.2, 0.25) is 0 Å². The lowest BCUT2D eigenvalue weighted by molar-refractivity contribution is 0.0600. The minimum Gasteiger partial charge on any atom is -0.465 e. The average molecular weight is 330 g/mol. The maximum atomic E-state index is 13.6. The number of fused-ring (bicyclic) bond motifs is 1. The SMILES string of the molecule is COC(=O)c1ccc(C(=O)Nc2nc3c(F)cccc3s2)cc1. The molecule has 1 heterocycles. The first kappa shape index (κ1) is 15.1. The van der Waals surface area contributed by atoms with Crippen LogP contribution >= 0.6 is 11.3 Å². The molecule has 0 radical (unpaired) electrons. The second-order valence-corrected chi connectivity index (χ2v) is 5.66. The highest BCUT2D eigenvalue weighted by molar-refractivity contribution is 7.22. The number of benzene rings is 2. The molecule has 3 rings (SSSR count). The number of hydrogen-bond donors (Lipinski definition) is 1. The van der Waals surface area contributed by atoms with E-state index in [-0.39, 0.29) is 11.4 Å². The van der Waals surface area contributed by atoms with E-state index in [9.17, 15) is 14.0 Å². The molecule has 0 aliphatic carbocycles. The van der Waals surface area contributed by atoms with Gasteiger partial charge in [0.05, 0.1) is 17.4 Å². The Balaban J connectivity index is 1.80. The Labute approximate surface area is 134 Å². The molecule has 0 atom stereocenters. The van der Waals surface area contributed by atoms with Gasteiger partial charge in [-0.3, -0.25) is 10.1 Å². The van der Waals surface area contributed by atoms with Crippen LogP contribution in [0.15, 0.2) is 42.5 Å². The van der Waals surface area contributed by atoms with Crippen molar-refractivity contribution in [3.63, 3.8) is 0 Å². The number of hydrogen-bond acceptors (Lipinski definition) is 5. The monoisotopic (exact) mass is 330 g/mol. The zero-order chi connectivity index (χ0) is 16.4. The summed E-state index contributed by atoms with van der Waals surface area (Å²) in [5, 5.41) is 2.94. The van der Waals surface area contributed by atoms with E-state index in [0.717, 1.165) is 0 Å². The minimum atomic E-state index is -0.474. The lowest BCUT2D eigenvalue weighted by Crippen LogP contribution is -2.12. The van der Waals surface area contributed by atoms with Gasteiger partial charge in [-0.25, -0.2) is 14.2 Å². The van der Waals surface area contributed by atoms with E-state index >= 15 is 0 Å². The molecule has 5 nitrogen and oxygen atoms in total. The van der Waals surface area contributed by atoms with Crippen LogP contribution in [-0.4, -0.2) is 24.0 Å². The van der Waals surface area contributed by atoms with Crippen molar-refractivity contribution in [1.29, 1.82) is 0 Å². The van der Waals surface area contributed by atoms with E-state index in [1.54, 1.807) is 12.1 Å². The van der Waals surface area contributed by atoms with Gasteiger partial charge in [0.15, 0.2) is 5.13 Å². The molecule has 1 aromatic heterocycles. The zero-order valence-electron chi connectivity index (χ0n) is 12.0. The molecule has 2 aromatic carbocycles. The lowest BCUT2D eigenvalue weighted by Gasteiger charge is -2.03. The second kappa shape index (κ2) is 6.13. The summed E-state index contributed by atoms with van der Waals surface area (Å²) in [4.78, 5) is 27.6. The predicted molar refractivity (Wildman–Crippen MR) is 85.3 cm³/mol. The van der Waals surface area contributed by atoms with Gasteiger partial charge in [0, 0.05) is 5.56 Å². The van der Waals surface area contributed by atoms with E-state index in [2.05, 4.69) is 15.0 Å². The maximum Gasteiger partial charge on any atom is 0.337 e. The van der Waals surface area contributed by atoms with Gasteiger partial charge in [0.25, 0.3) is 5.91 Å². The third-order valence-corrected chi connectivity index (χ3v) is 4.09. The third kappa shape index (κ3) is 3.04. The van der Waals surface area contributed by atoms with Crippen molar-refractivity contribution in [2.24, 2.45) is 0 Å². The van der Waals surface area contributed by atoms with Crippen molar-refractivity contribution in [2.75, 3.05) is 12.4 Å². The number of halogens is 1. The summed E-state index contributed by atoms with van der Waals surface area (Å²) in [6.07, 6.45) is 0. The molecule has 0 saturated carbocycles. The fourth-order valence-electron chi connectivity index (χ4n) is 2.01.